The lowest BCUT2D eigenvalue weighted by Gasteiger charge is -2.15. The molecule has 1 aliphatic rings. The second-order valence-corrected chi connectivity index (χ2v) is 7.48. The summed E-state index contributed by atoms with van der Waals surface area (Å²) < 4.78 is 0. The number of amides is 2. The van der Waals surface area contributed by atoms with E-state index in [0.717, 1.165) is 40.9 Å². The third-order valence-electron chi connectivity index (χ3n) is 5.43. The Morgan fingerprint density at radius 3 is 2.53 bits per heavy atom. The van der Waals surface area contributed by atoms with Crippen LogP contribution in [0.1, 0.15) is 23.6 Å². The molecule has 0 fully saturated rings. The summed E-state index contributed by atoms with van der Waals surface area (Å²) in [6.45, 7) is 0. The van der Waals surface area contributed by atoms with Crippen molar-refractivity contribution in [2.45, 2.75) is 18.9 Å². The molecule has 0 unspecified atom stereocenters. The number of aromatic nitrogens is 1. The monoisotopic (exact) mass is 394 g/mol. The van der Waals surface area contributed by atoms with Gasteiger partial charge in [-0.1, -0.05) is 42.5 Å². The van der Waals surface area contributed by atoms with Crippen molar-refractivity contribution in [2.24, 2.45) is 0 Å². The Hall–Kier alpha value is -3.86. The lowest BCUT2D eigenvalue weighted by molar-refractivity contribution is 0.262. The Balaban J connectivity index is 1.29. The van der Waals surface area contributed by atoms with Crippen molar-refractivity contribution in [3.63, 3.8) is 0 Å². The summed E-state index contributed by atoms with van der Waals surface area (Å²) in [5.41, 5.74) is 5.15. The highest BCUT2D eigenvalue weighted by Gasteiger charge is 2.21. The highest BCUT2D eigenvalue weighted by molar-refractivity contribution is 6.01. The molecule has 30 heavy (non-hydrogen) atoms. The molecule has 3 N–H and O–H groups in total. The maximum absolute atomic E-state index is 12.2. The highest BCUT2D eigenvalue weighted by Crippen LogP contribution is 2.33. The molecule has 148 valence electrons. The minimum absolute atomic E-state index is 0.272. The van der Waals surface area contributed by atoms with E-state index in [1.807, 2.05) is 60.7 Å². The summed E-state index contributed by atoms with van der Waals surface area (Å²) in [6.07, 6.45) is 2.18. The molecule has 1 aliphatic carbocycles. The Morgan fingerprint density at radius 2 is 1.63 bits per heavy atom. The zero-order valence-electron chi connectivity index (χ0n) is 16.4. The van der Waals surface area contributed by atoms with Crippen LogP contribution in [0, 0.1) is 0 Å². The van der Waals surface area contributed by atoms with Crippen LogP contribution < -0.4 is 16.0 Å². The number of pyridine rings is 1. The summed E-state index contributed by atoms with van der Waals surface area (Å²) in [4.78, 5) is 17.0. The summed E-state index contributed by atoms with van der Waals surface area (Å²) in [5.74, 6) is 0.867. The van der Waals surface area contributed by atoms with Crippen LogP contribution in [0.15, 0.2) is 84.9 Å². The molecule has 5 nitrogen and oxygen atoms in total. The number of nitrogens with zero attached hydrogens (tertiary/aromatic N) is 1. The van der Waals surface area contributed by atoms with E-state index in [4.69, 9.17) is 4.98 Å². The first kappa shape index (κ1) is 18.2. The van der Waals surface area contributed by atoms with Crippen LogP contribution in [-0.4, -0.2) is 11.0 Å². The molecule has 5 heteroatoms. The molecule has 1 aromatic heterocycles. The lowest BCUT2D eigenvalue weighted by atomic mass is 10.1. The number of benzene rings is 3. The molecule has 4 aromatic rings. The van der Waals surface area contributed by atoms with E-state index in [0.29, 0.717) is 6.04 Å². The number of carbonyl (C=O) groups is 1. The van der Waals surface area contributed by atoms with Crippen molar-refractivity contribution in [3.05, 3.63) is 96.1 Å². The molecule has 1 atom stereocenters. The van der Waals surface area contributed by atoms with Crippen LogP contribution in [-0.2, 0) is 6.42 Å². The molecule has 0 saturated carbocycles. The van der Waals surface area contributed by atoms with Gasteiger partial charge in [-0.2, -0.15) is 0 Å². The molecule has 2 amide bonds. The number of nitrogens with one attached hydrogen (secondary N) is 3. The third-order valence-corrected chi connectivity index (χ3v) is 5.43. The number of urea groups is 1. The van der Waals surface area contributed by atoms with Gasteiger partial charge in [0.15, 0.2) is 0 Å². The maximum atomic E-state index is 12.2. The molecular formula is C25H22N4O. The molecule has 1 heterocycles. The van der Waals surface area contributed by atoms with Crippen molar-refractivity contribution < 1.29 is 4.79 Å². The number of hydrogen-bond acceptors (Lipinski definition) is 3. The first-order valence-corrected chi connectivity index (χ1v) is 10.1. The smallest absolute Gasteiger partial charge is 0.323 e. The Labute approximate surface area is 175 Å². The normalized spacial score (nSPS) is 14.9. The summed E-state index contributed by atoms with van der Waals surface area (Å²) in [6, 6.07) is 27.8. The minimum Gasteiger partial charge on any atom is -0.363 e. The second-order valence-electron chi connectivity index (χ2n) is 7.48. The van der Waals surface area contributed by atoms with Gasteiger partial charge >= 0.3 is 6.03 Å². The zero-order valence-corrected chi connectivity index (χ0v) is 16.4. The van der Waals surface area contributed by atoms with E-state index >= 15 is 0 Å². The molecule has 0 bridgehead atoms. The Kier molecular flexibility index (Phi) is 4.77. The van der Waals surface area contributed by atoms with Gasteiger partial charge < -0.3 is 16.0 Å². The van der Waals surface area contributed by atoms with Crippen molar-refractivity contribution in [2.75, 3.05) is 16.0 Å². The fraction of sp³-hybridized carbons (Fsp3) is 0.120. The van der Waals surface area contributed by atoms with Crippen LogP contribution in [0.4, 0.5) is 22.0 Å². The molecule has 0 spiro atoms. The van der Waals surface area contributed by atoms with Gasteiger partial charge in [0.2, 0.25) is 0 Å². The number of anilines is 3. The molecule has 0 saturated heterocycles. The van der Waals surface area contributed by atoms with Crippen LogP contribution in [0.25, 0.3) is 10.9 Å². The number of rotatable bonds is 4. The second kappa shape index (κ2) is 7.87. The summed E-state index contributed by atoms with van der Waals surface area (Å²) in [7, 11) is 0. The zero-order chi connectivity index (χ0) is 20.3. The number of fused-ring (bicyclic) bond motifs is 2. The van der Waals surface area contributed by atoms with E-state index in [9.17, 15) is 4.79 Å². The van der Waals surface area contributed by atoms with Gasteiger partial charge in [0.05, 0.1) is 11.6 Å². The quantitative estimate of drug-likeness (QED) is 0.399. The van der Waals surface area contributed by atoms with Crippen molar-refractivity contribution >= 4 is 34.1 Å². The van der Waals surface area contributed by atoms with Crippen LogP contribution in [0.2, 0.25) is 0 Å². The topological polar surface area (TPSA) is 66.0 Å². The molecule has 3 aromatic carbocycles. The van der Waals surface area contributed by atoms with E-state index in [-0.39, 0.29) is 6.03 Å². The largest absolute Gasteiger partial charge is 0.363 e. The standard InChI is InChI=1S/C25H22N4O/c30-25(26-19-7-2-1-3-8-19)27-20-12-14-22-18(16-20)11-15-24(28-22)29-23-13-10-17-6-4-5-9-21(17)23/h1-9,11-12,14-16,23H,10,13H2,(H,28,29)(H2,26,27,30)/t23-/m1/s1. The van der Waals surface area contributed by atoms with E-state index in [1.165, 1.54) is 11.1 Å². The van der Waals surface area contributed by atoms with Gasteiger partial charge in [-0.3, -0.25) is 0 Å². The van der Waals surface area contributed by atoms with Crippen LogP contribution in [0.3, 0.4) is 0 Å². The fourth-order valence-corrected chi connectivity index (χ4v) is 3.98. The van der Waals surface area contributed by atoms with Crippen molar-refractivity contribution in [3.8, 4) is 0 Å². The molecule has 0 aliphatic heterocycles. The number of para-hydroxylation sites is 1. The number of aryl methyl sites for hydroxylation is 1. The molecular weight excluding hydrogens is 372 g/mol. The summed E-state index contributed by atoms with van der Waals surface area (Å²) >= 11 is 0. The summed E-state index contributed by atoms with van der Waals surface area (Å²) in [5, 5.41) is 10.2. The first-order chi connectivity index (χ1) is 14.7. The van der Waals surface area contributed by atoms with Gasteiger partial charge in [0, 0.05) is 16.8 Å². The average Bonchev–Trinajstić information content (AvgIpc) is 3.17. The lowest BCUT2D eigenvalue weighted by Crippen LogP contribution is -2.19. The van der Waals surface area contributed by atoms with E-state index in [2.05, 4.69) is 40.2 Å². The SMILES string of the molecule is O=C(Nc1ccccc1)Nc1ccc2nc(N[C@@H]3CCc4ccccc43)ccc2c1. The predicted molar refractivity (Wildman–Crippen MR) is 122 cm³/mol. The maximum Gasteiger partial charge on any atom is 0.323 e. The van der Waals surface area contributed by atoms with E-state index in [1.54, 1.807) is 0 Å². The van der Waals surface area contributed by atoms with Crippen LogP contribution >= 0.6 is 0 Å². The molecule has 5 rings (SSSR count). The van der Waals surface area contributed by atoms with Gasteiger partial charge in [-0.05, 0) is 66.4 Å². The fourth-order valence-electron chi connectivity index (χ4n) is 3.98. The van der Waals surface area contributed by atoms with E-state index < -0.39 is 0 Å². The van der Waals surface area contributed by atoms with Gasteiger partial charge in [-0.15, -0.1) is 0 Å². The number of hydrogen-bond donors (Lipinski definition) is 3. The van der Waals surface area contributed by atoms with Crippen molar-refractivity contribution in [1.29, 1.82) is 0 Å². The van der Waals surface area contributed by atoms with Gasteiger partial charge in [0.1, 0.15) is 5.82 Å². The van der Waals surface area contributed by atoms with Gasteiger partial charge in [0.25, 0.3) is 0 Å². The predicted octanol–water partition coefficient (Wildman–Crippen LogP) is 5.98. The van der Waals surface area contributed by atoms with Crippen LogP contribution in [0.5, 0.6) is 0 Å². The number of carbonyl (C=O) groups excluding carboxylic acids is 1. The first-order valence-electron chi connectivity index (χ1n) is 10.1. The Bertz CT molecular complexity index is 1210. The van der Waals surface area contributed by atoms with Gasteiger partial charge in [-0.25, -0.2) is 9.78 Å². The molecule has 0 radical (unpaired) electrons. The Morgan fingerprint density at radius 1 is 0.833 bits per heavy atom. The highest BCUT2D eigenvalue weighted by atomic mass is 16.2. The van der Waals surface area contributed by atoms with Crippen molar-refractivity contribution in [1.82, 2.24) is 4.98 Å². The minimum atomic E-state index is -0.272. The average molecular weight is 394 g/mol. The third kappa shape index (κ3) is 3.82.